The van der Waals surface area contributed by atoms with Gasteiger partial charge in [0.05, 0.1) is 4.88 Å². The van der Waals surface area contributed by atoms with Crippen molar-refractivity contribution in [3.63, 3.8) is 0 Å². The maximum absolute atomic E-state index is 10.9. The second-order valence-corrected chi connectivity index (χ2v) is 5.66. The van der Waals surface area contributed by atoms with Crippen LogP contribution in [0, 0.1) is 0 Å². The molecule has 4 heteroatoms. The minimum Gasteiger partial charge on any atom is -0.379 e. The van der Waals surface area contributed by atoms with Gasteiger partial charge < -0.3 is 5.11 Å². The van der Waals surface area contributed by atoms with Crippen molar-refractivity contribution >= 4 is 23.1 Å². The Bertz CT molecular complexity index is 540. The molecule has 0 saturated heterocycles. The van der Waals surface area contributed by atoms with Crippen LogP contribution in [0.15, 0.2) is 30.5 Å². The van der Waals surface area contributed by atoms with Gasteiger partial charge >= 0.3 is 0 Å². The van der Waals surface area contributed by atoms with E-state index in [1.807, 2.05) is 24.3 Å². The maximum Gasteiger partial charge on any atom is 0.126 e. The molecule has 1 aliphatic rings. The van der Waals surface area contributed by atoms with Crippen molar-refractivity contribution in [3.8, 4) is 0 Å². The molecule has 3 rings (SSSR count). The molecule has 0 saturated carbocycles. The number of benzene rings is 1. The third-order valence-corrected chi connectivity index (χ3v) is 4.48. The van der Waals surface area contributed by atoms with Gasteiger partial charge in [-0.3, -0.25) is 0 Å². The number of halogens is 1. The van der Waals surface area contributed by atoms with E-state index >= 15 is 0 Å². The number of aryl methyl sites for hydroxylation is 1. The van der Waals surface area contributed by atoms with Gasteiger partial charge in [0.1, 0.15) is 5.60 Å². The lowest BCUT2D eigenvalue weighted by Gasteiger charge is -2.33. The quantitative estimate of drug-likeness (QED) is 0.858. The zero-order valence-corrected chi connectivity index (χ0v) is 10.8. The first-order valence-electron chi connectivity index (χ1n) is 5.62. The van der Waals surface area contributed by atoms with Gasteiger partial charge in [0.25, 0.3) is 0 Å². The topological polar surface area (TPSA) is 33.1 Å². The van der Waals surface area contributed by atoms with E-state index in [4.69, 9.17) is 11.6 Å². The summed E-state index contributed by atoms with van der Waals surface area (Å²) >= 11 is 7.37. The van der Waals surface area contributed by atoms with E-state index in [-0.39, 0.29) is 0 Å². The molecule has 1 aliphatic carbocycles. The highest BCUT2D eigenvalue weighted by molar-refractivity contribution is 7.05. The summed E-state index contributed by atoms with van der Waals surface area (Å²) in [5.74, 6) is 0. The maximum atomic E-state index is 10.9. The fraction of sp³-hybridized carbons (Fsp3) is 0.308. The second kappa shape index (κ2) is 4.09. The SMILES string of the molecule is OC1(c2ccns2)CCCc2cc(Cl)ccc21. The third kappa shape index (κ3) is 1.79. The largest absolute Gasteiger partial charge is 0.379 e. The van der Waals surface area contributed by atoms with Crippen LogP contribution in [0.25, 0.3) is 0 Å². The summed E-state index contributed by atoms with van der Waals surface area (Å²) < 4.78 is 4.09. The van der Waals surface area contributed by atoms with Crippen molar-refractivity contribution in [2.75, 3.05) is 0 Å². The van der Waals surface area contributed by atoms with Crippen molar-refractivity contribution in [3.05, 3.63) is 51.5 Å². The van der Waals surface area contributed by atoms with Crippen molar-refractivity contribution in [1.82, 2.24) is 4.37 Å². The minimum atomic E-state index is -0.876. The van der Waals surface area contributed by atoms with Gasteiger partial charge in [-0.1, -0.05) is 17.7 Å². The Kier molecular flexibility index (Phi) is 2.69. The number of nitrogens with zero attached hydrogens (tertiary/aromatic N) is 1. The number of fused-ring (bicyclic) bond motifs is 1. The highest BCUT2D eigenvalue weighted by atomic mass is 35.5. The summed E-state index contributed by atoms with van der Waals surface area (Å²) in [5.41, 5.74) is 1.26. The Balaban J connectivity index is 2.17. The molecule has 0 radical (unpaired) electrons. The highest BCUT2D eigenvalue weighted by Crippen LogP contribution is 2.42. The fourth-order valence-electron chi connectivity index (χ4n) is 2.53. The number of hydrogen-bond acceptors (Lipinski definition) is 3. The van der Waals surface area contributed by atoms with E-state index < -0.39 is 5.60 Å². The van der Waals surface area contributed by atoms with Crippen LogP contribution in [0.5, 0.6) is 0 Å². The van der Waals surface area contributed by atoms with Gasteiger partial charge in [-0.05, 0) is 60.1 Å². The monoisotopic (exact) mass is 265 g/mol. The number of rotatable bonds is 1. The van der Waals surface area contributed by atoms with Crippen molar-refractivity contribution in [2.24, 2.45) is 0 Å². The zero-order chi connectivity index (χ0) is 11.9. The summed E-state index contributed by atoms with van der Waals surface area (Å²) in [6.45, 7) is 0. The Labute approximate surface area is 109 Å². The van der Waals surface area contributed by atoms with E-state index in [1.165, 1.54) is 11.5 Å². The summed E-state index contributed by atoms with van der Waals surface area (Å²) in [6, 6.07) is 7.64. The Hall–Kier alpha value is -0.900. The van der Waals surface area contributed by atoms with Crippen molar-refractivity contribution in [1.29, 1.82) is 0 Å². The summed E-state index contributed by atoms with van der Waals surface area (Å²) in [5, 5.41) is 11.6. The van der Waals surface area contributed by atoms with Crippen LogP contribution < -0.4 is 0 Å². The number of aromatic nitrogens is 1. The van der Waals surface area contributed by atoms with Crippen molar-refractivity contribution < 1.29 is 5.11 Å². The predicted molar refractivity (Wildman–Crippen MR) is 69.5 cm³/mol. The molecule has 17 heavy (non-hydrogen) atoms. The zero-order valence-electron chi connectivity index (χ0n) is 9.19. The summed E-state index contributed by atoms with van der Waals surface area (Å²) in [4.78, 5) is 0.917. The van der Waals surface area contributed by atoms with Gasteiger partial charge in [-0.2, -0.15) is 0 Å². The van der Waals surface area contributed by atoms with Crippen molar-refractivity contribution in [2.45, 2.75) is 24.9 Å². The van der Waals surface area contributed by atoms with E-state index in [9.17, 15) is 5.11 Å². The van der Waals surface area contributed by atoms with Gasteiger partial charge in [0, 0.05) is 11.2 Å². The molecule has 2 aromatic rings. The molecular weight excluding hydrogens is 254 g/mol. The number of hydrogen-bond donors (Lipinski definition) is 1. The average Bonchev–Trinajstić information content (AvgIpc) is 2.82. The van der Waals surface area contributed by atoms with Crippen LogP contribution in [-0.2, 0) is 12.0 Å². The Morgan fingerprint density at radius 3 is 3.00 bits per heavy atom. The third-order valence-electron chi connectivity index (χ3n) is 3.34. The summed E-state index contributed by atoms with van der Waals surface area (Å²) in [6.07, 6.45) is 4.45. The van der Waals surface area contributed by atoms with Gasteiger partial charge in [-0.15, -0.1) is 0 Å². The first kappa shape index (κ1) is 11.2. The molecule has 1 heterocycles. The fourth-order valence-corrected chi connectivity index (χ4v) is 3.44. The normalized spacial score (nSPS) is 23.4. The molecule has 0 amide bonds. The minimum absolute atomic E-state index is 0.734. The van der Waals surface area contributed by atoms with Gasteiger partial charge in [0.2, 0.25) is 0 Å². The molecule has 88 valence electrons. The smallest absolute Gasteiger partial charge is 0.126 e. The van der Waals surface area contributed by atoms with Crippen LogP contribution in [0.2, 0.25) is 5.02 Å². The Morgan fingerprint density at radius 1 is 1.35 bits per heavy atom. The van der Waals surface area contributed by atoms with E-state index in [1.54, 1.807) is 6.20 Å². The van der Waals surface area contributed by atoms with Crippen LogP contribution in [0.4, 0.5) is 0 Å². The molecule has 1 aromatic heterocycles. The first-order valence-corrected chi connectivity index (χ1v) is 6.78. The second-order valence-electron chi connectivity index (χ2n) is 4.39. The number of aliphatic hydroxyl groups is 1. The molecule has 2 nitrogen and oxygen atoms in total. The highest BCUT2D eigenvalue weighted by Gasteiger charge is 2.37. The molecule has 0 spiro atoms. The molecule has 0 aliphatic heterocycles. The van der Waals surface area contributed by atoms with Gasteiger partial charge in [-0.25, -0.2) is 4.37 Å². The molecule has 1 N–H and O–H groups in total. The van der Waals surface area contributed by atoms with Gasteiger partial charge in [0.15, 0.2) is 0 Å². The molecule has 0 fully saturated rings. The molecule has 1 unspecified atom stereocenters. The van der Waals surface area contributed by atoms with Crippen LogP contribution >= 0.6 is 23.1 Å². The van der Waals surface area contributed by atoms with E-state index in [0.717, 1.165) is 40.3 Å². The molecule has 1 aromatic carbocycles. The molecular formula is C13H12ClNOS. The van der Waals surface area contributed by atoms with Crippen LogP contribution in [0.3, 0.4) is 0 Å². The predicted octanol–water partition coefficient (Wildman–Crippen LogP) is 3.37. The van der Waals surface area contributed by atoms with E-state index in [0.29, 0.717) is 0 Å². The lowest BCUT2D eigenvalue weighted by molar-refractivity contribution is 0.0653. The van der Waals surface area contributed by atoms with E-state index in [2.05, 4.69) is 4.37 Å². The average molecular weight is 266 g/mol. The lowest BCUT2D eigenvalue weighted by atomic mass is 9.78. The lowest BCUT2D eigenvalue weighted by Crippen LogP contribution is -2.30. The molecule has 0 bridgehead atoms. The van der Waals surface area contributed by atoms with Crippen LogP contribution in [-0.4, -0.2) is 9.48 Å². The standard InChI is InChI=1S/C13H12ClNOS/c14-10-3-4-11-9(8-10)2-1-6-13(11,16)12-5-7-15-17-12/h3-5,7-8,16H,1-2,6H2. The summed E-state index contributed by atoms with van der Waals surface area (Å²) in [7, 11) is 0. The first-order chi connectivity index (χ1) is 8.20. The molecule has 1 atom stereocenters. The Morgan fingerprint density at radius 2 is 2.24 bits per heavy atom. The van der Waals surface area contributed by atoms with Crippen LogP contribution in [0.1, 0.15) is 28.8 Å².